The van der Waals surface area contributed by atoms with Crippen molar-refractivity contribution in [2.45, 2.75) is 32.4 Å². The van der Waals surface area contributed by atoms with E-state index in [0.29, 0.717) is 12.6 Å². The van der Waals surface area contributed by atoms with Crippen molar-refractivity contribution in [3.05, 3.63) is 29.6 Å². The van der Waals surface area contributed by atoms with E-state index in [2.05, 4.69) is 5.32 Å². The molecule has 1 rings (SSSR count). The van der Waals surface area contributed by atoms with E-state index >= 15 is 0 Å². The molecule has 1 nitrogen and oxygen atoms in total. The summed E-state index contributed by atoms with van der Waals surface area (Å²) in [5.74, 6) is -0.865. The molecule has 0 aromatic heterocycles. The van der Waals surface area contributed by atoms with Crippen LogP contribution in [0.1, 0.15) is 31.7 Å². The second-order valence-corrected chi connectivity index (χ2v) is 3.83. The predicted octanol–water partition coefficient (Wildman–Crippen LogP) is 4.45. The van der Waals surface area contributed by atoms with Gasteiger partial charge in [0.15, 0.2) is 0 Å². The van der Waals surface area contributed by atoms with E-state index in [0.717, 1.165) is 31.4 Å². The molecule has 1 N–H and O–H groups in total. The molecule has 17 heavy (non-hydrogen) atoms. The van der Waals surface area contributed by atoms with Crippen molar-refractivity contribution < 1.29 is 17.6 Å². The number of benzene rings is 1. The average Bonchev–Trinajstić information content (AvgIpc) is 2.24. The lowest BCUT2D eigenvalue weighted by atomic mass is 10.2. The normalized spacial score (nSPS) is 11.6. The maximum absolute atomic E-state index is 13.3. The highest BCUT2D eigenvalue weighted by molar-refractivity contribution is 5.46. The lowest BCUT2D eigenvalue weighted by Crippen LogP contribution is -2.08. The van der Waals surface area contributed by atoms with Gasteiger partial charge in [-0.3, -0.25) is 0 Å². The summed E-state index contributed by atoms with van der Waals surface area (Å²) in [6.07, 6.45) is -1.58. The second kappa shape index (κ2) is 5.89. The Labute approximate surface area is 97.8 Å². The molecule has 0 aliphatic rings. The highest BCUT2D eigenvalue weighted by atomic mass is 19.4. The first-order chi connectivity index (χ1) is 7.95. The lowest BCUT2D eigenvalue weighted by molar-refractivity contribution is -0.137. The van der Waals surface area contributed by atoms with Gasteiger partial charge in [-0.2, -0.15) is 13.2 Å². The molecule has 0 fully saturated rings. The van der Waals surface area contributed by atoms with Crippen molar-refractivity contribution in [3.8, 4) is 0 Å². The third-order valence-electron chi connectivity index (χ3n) is 2.39. The monoisotopic (exact) mass is 249 g/mol. The first-order valence-corrected chi connectivity index (χ1v) is 5.55. The van der Waals surface area contributed by atoms with Crippen LogP contribution in [-0.4, -0.2) is 6.54 Å². The van der Waals surface area contributed by atoms with Crippen LogP contribution in [0.2, 0.25) is 0 Å². The number of alkyl halides is 3. The van der Waals surface area contributed by atoms with Crippen molar-refractivity contribution in [2.24, 2.45) is 0 Å². The van der Waals surface area contributed by atoms with Crippen molar-refractivity contribution in [2.75, 3.05) is 11.9 Å². The van der Waals surface area contributed by atoms with Crippen LogP contribution >= 0.6 is 0 Å². The van der Waals surface area contributed by atoms with Gasteiger partial charge in [-0.25, -0.2) is 4.39 Å². The minimum Gasteiger partial charge on any atom is -0.383 e. The summed E-state index contributed by atoms with van der Waals surface area (Å²) in [7, 11) is 0. The van der Waals surface area contributed by atoms with E-state index < -0.39 is 17.6 Å². The maximum Gasteiger partial charge on any atom is 0.416 e. The molecule has 0 heterocycles. The van der Waals surface area contributed by atoms with Gasteiger partial charge in [0, 0.05) is 6.54 Å². The zero-order chi connectivity index (χ0) is 12.9. The topological polar surface area (TPSA) is 12.0 Å². The summed E-state index contributed by atoms with van der Waals surface area (Å²) in [5, 5.41) is 2.78. The fourth-order valence-corrected chi connectivity index (χ4v) is 1.43. The zero-order valence-corrected chi connectivity index (χ0v) is 9.57. The fraction of sp³-hybridized carbons (Fsp3) is 0.500. The van der Waals surface area contributed by atoms with E-state index in [1.54, 1.807) is 0 Å². The zero-order valence-electron chi connectivity index (χ0n) is 9.57. The third kappa shape index (κ3) is 4.24. The van der Waals surface area contributed by atoms with Gasteiger partial charge in [0.05, 0.1) is 11.3 Å². The highest BCUT2D eigenvalue weighted by Gasteiger charge is 2.31. The molecule has 0 spiro atoms. The van der Waals surface area contributed by atoms with Gasteiger partial charge in [0.2, 0.25) is 0 Å². The van der Waals surface area contributed by atoms with Crippen molar-refractivity contribution in [3.63, 3.8) is 0 Å². The number of nitrogens with one attached hydrogen (secondary N) is 1. The van der Waals surface area contributed by atoms with Gasteiger partial charge >= 0.3 is 6.18 Å². The Hall–Kier alpha value is -1.26. The van der Waals surface area contributed by atoms with E-state index in [1.165, 1.54) is 0 Å². The Balaban J connectivity index is 2.64. The average molecular weight is 249 g/mol. The van der Waals surface area contributed by atoms with Gasteiger partial charge in [-0.05, 0) is 24.6 Å². The summed E-state index contributed by atoms with van der Waals surface area (Å²) in [6.45, 7) is 2.61. The summed E-state index contributed by atoms with van der Waals surface area (Å²) >= 11 is 0. The van der Waals surface area contributed by atoms with E-state index in [4.69, 9.17) is 0 Å². The quantitative estimate of drug-likeness (QED) is 0.600. The molecule has 0 aliphatic carbocycles. The van der Waals surface area contributed by atoms with E-state index in [1.807, 2.05) is 6.92 Å². The Morgan fingerprint density at radius 3 is 2.41 bits per heavy atom. The Kier molecular flexibility index (Phi) is 4.78. The number of hydrogen-bond donors (Lipinski definition) is 1. The summed E-state index contributed by atoms with van der Waals surface area (Å²) in [4.78, 5) is 0. The van der Waals surface area contributed by atoms with Crippen LogP contribution in [0.3, 0.4) is 0 Å². The van der Waals surface area contributed by atoms with Gasteiger partial charge in [0.25, 0.3) is 0 Å². The minimum absolute atomic E-state index is 0.120. The van der Waals surface area contributed by atoms with Crippen LogP contribution in [0.5, 0.6) is 0 Å². The maximum atomic E-state index is 13.3. The summed E-state index contributed by atoms with van der Waals surface area (Å²) < 4.78 is 50.1. The SMILES string of the molecule is CCCCCNc1ccc(C(F)(F)F)cc1F. The molecule has 0 unspecified atom stereocenters. The van der Waals surface area contributed by atoms with E-state index in [-0.39, 0.29) is 5.69 Å². The molecule has 0 bridgehead atoms. The van der Waals surface area contributed by atoms with Crippen molar-refractivity contribution in [1.29, 1.82) is 0 Å². The lowest BCUT2D eigenvalue weighted by Gasteiger charge is -2.10. The number of halogens is 4. The van der Waals surface area contributed by atoms with Crippen LogP contribution in [0, 0.1) is 5.82 Å². The molecule has 0 radical (unpaired) electrons. The van der Waals surface area contributed by atoms with Crippen molar-refractivity contribution in [1.82, 2.24) is 0 Å². The van der Waals surface area contributed by atoms with Crippen LogP contribution in [-0.2, 0) is 6.18 Å². The molecular formula is C12H15F4N. The van der Waals surface area contributed by atoms with Crippen LogP contribution < -0.4 is 5.32 Å². The molecule has 1 aromatic carbocycles. The molecule has 5 heteroatoms. The molecule has 0 saturated carbocycles. The first kappa shape index (κ1) is 13.8. The molecule has 0 atom stereocenters. The Morgan fingerprint density at radius 2 is 1.88 bits per heavy atom. The molecule has 96 valence electrons. The van der Waals surface area contributed by atoms with Gasteiger partial charge in [0.1, 0.15) is 5.82 Å². The second-order valence-electron chi connectivity index (χ2n) is 3.83. The van der Waals surface area contributed by atoms with Gasteiger partial charge in [-0.15, -0.1) is 0 Å². The minimum atomic E-state index is -4.50. The molecular weight excluding hydrogens is 234 g/mol. The smallest absolute Gasteiger partial charge is 0.383 e. The number of rotatable bonds is 5. The highest BCUT2D eigenvalue weighted by Crippen LogP contribution is 2.31. The van der Waals surface area contributed by atoms with Gasteiger partial charge in [-0.1, -0.05) is 19.8 Å². The fourth-order valence-electron chi connectivity index (χ4n) is 1.43. The molecule has 0 aliphatic heterocycles. The first-order valence-electron chi connectivity index (χ1n) is 5.55. The van der Waals surface area contributed by atoms with Crippen LogP contribution in [0.25, 0.3) is 0 Å². The molecule has 1 aromatic rings. The van der Waals surface area contributed by atoms with Gasteiger partial charge < -0.3 is 5.32 Å². The van der Waals surface area contributed by atoms with E-state index in [9.17, 15) is 17.6 Å². The van der Waals surface area contributed by atoms with Crippen LogP contribution in [0.15, 0.2) is 18.2 Å². The largest absolute Gasteiger partial charge is 0.416 e. The Bertz CT molecular complexity index is 360. The van der Waals surface area contributed by atoms with Crippen LogP contribution in [0.4, 0.5) is 23.2 Å². The summed E-state index contributed by atoms with van der Waals surface area (Å²) in [5.41, 5.74) is -0.844. The standard InChI is InChI=1S/C12H15F4N/c1-2-3-4-7-17-11-6-5-9(8-10(11)13)12(14,15)16/h5-6,8,17H,2-4,7H2,1H3. The number of anilines is 1. The molecule has 0 saturated heterocycles. The number of unbranched alkanes of at least 4 members (excludes halogenated alkanes) is 2. The summed E-state index contributed by atoms with van der Waals surface area (Å²) in [6, 6.07) is 2.53. The van der Waals surface area contributed by atoms with Crippen molar-refractivity contribution >= 4 is 5.69 Å². The predicted molar refractivity (Wildman–Crippen MR) is 59.4 cm³/mol. The number of hydrogen-bond acceptors (Lipinski definition) is 1. The molecule has 0 amide bonds. The Morgan fingerprint density at radius 1 is 1.18 bits per heavy atom. The third-order valence-corrected chi connectivity index (χ3v) is 2.39.